The molecule has 360 valence electrons. The molecule has 14 heteroatoms. The molecule has 0 aromatic heterocycles. The maximum absolute atomic E-state index is 14.4. The molecule has 61 heavy (non-hydrogen) atoms. The van der Waals surface area contributed by atoms with Gasteiger partial charge < -0.3 is 64.2 Å². The van der Waals surface area contributed by atoms with Crippen LogP contribution >= 0.6 is 0 Å². The Bertz CT molecular complexity index is 1290. The second-order valence-corrected chi connectivity index (χ2v) is 20.2. The van der Waals surface area contributed by atoms with Crippen LogP contribution in [0.1, 0.15) is 153 Å². The van der Waals surface area contributed by atoms with Gasteiger partial charge in [0.2, 0.25) is 0 Å². The van der Waals surface area contributed by atoms with Gasteiger partial charge in [-0.15, -0.1) is 0 Å². The van der Waals surface area contributed by atoms with Crippen molar-refractivity contribution in [3.05, 3.63) is 0 Å². The van der Waals surface area contributed by atoms with Gasteiger partial charge >= 0.3 is 5.97 Å². The summed E-state index contributed by atoms with van der Waals surface area (Å²) < 4.78 is 38.1. The Labute approximate surface area is 369 Å². The van der Waals surface area contributed by atoms with Crippen molar-refractivity contribution in [3.8, 4) is 0 Å². The molecule has 3 fully saturated rings. The highest BCUT2D eigenvalue weighted by molar-refractivity contribution is 5.73. The Morgan fingerprint density at radius 2 is 1.43 bits per heavy atom. The zero-order chi connectivity index (χ0) is 46.0. The van der Waals surface area contributed by atoms with E-state index in [1.54, 1.807) is 27.7 Å². The van der Waals surface area contributed by atoms with Crippen LogP contribution in [-0.2, 0) is 33.2 Å². The smallest absolute Gasteiger partial charge is 0.311 e. The van der Waals surface area contributed by atoms with E-state index < -0.39 is 95.8 Å². The van der Waals surface area contributed by atoms with Crippen molar-refractivity contribution in [2.24, 2.45) is 23.7 Å². The minimum Gasteiger partial charge on any atom is -0.459 e. The number of carbonyl (C=O) groups is 1. The van der Waals surface area contributed by atoms with E-state index in [0.717, 1.165) is 19.3 Å². The number of nitrogens with one attached hydrogen (secondary N) is 1. The first-order valence-corrected chi connectivity index (χ1v) is 23.7. The predicted octanol–water partition coefficient (Wildman–Crippen LogP) is 5.32. The summed E-state index contributed by atoms with van der Waals surface area (Å²) in [4.78, 5) is 16.4. The lowest BCUT2D eigenvalue weighted by atomic mass is 9.72. The summed E-state index contributed by atoms with van der Waals surface area (Å²) in [5, 5.41) is 63.6. The van der Waals surface area contributed by atoms with Crippen molar-refractivity contribution >= 4 is 5.97 Å². The van der Waals surface area contributed by atoms with E-state index in [-0.39, 0.29) is 43.4 Å². The van der Waals surface area contributed by atoms with Crippen molar-refractivity contribution in [2.45, 2.75) is 244 Å². The molecule has 19 atom stereocenters. The van der Waals surface area contributed by atoms with Crippen LogP contribution in [0.25, 0.3) is 0 Å². The molecule has 3 heterocycles. The lowest BCUT2D eigenvalue weighted by molar-refractivity contribution is -0.318. The highest BCUT2D eigenvalue weighted by Crippen LogP contribution is 2.41. The van der Waals surface area contributed by atoms with Crippen LogP contribution in [0.5, 0.6) is 0 Å². The Kier molecular flexibility index (Phi) is 21.3. The van der Waals surface area contributed by atoms with Gasteiger partial charge in [-0.25, -0.2) is 0 Å². The number of esters is 1. The number of unbranched alkanes of at least 4 members (excludes halogenated alkanes) is 7. The second kappa shape index (κ2) is 24.0. The molecule has 3 rings (SSSR count). The number of carbonyl (C=O) groups excluding carboxylic acids is 1. The third-order valence-electron chi connectivity index (χ3n) is 14.5. The van der Waals surface area contributed by atoms with Crippen LogP contribution < -0.4 is 5.32 Å². The molecule has 0 saturated carbocycles. The molecule has 0 aliphatic carbocycles. The minimum atomic E-state index is -1.83. The number of aliphatic hydroxyl groups excluding tert-OH is 3. The number of aliphatic hydroxyl groups is 5. The maximum Gasteiger partial charge on any atom is 0.311 e. The van der Waals surface area contributed by atoms with Gasteiger partial charge in [0.25, 0.3) is 0 Å². The summed E-state index contributed by atoms with van der Waals surface area (Å²) in [6.07, 6.45) is 0.963. The van der Waals surface area contributed by atoms with E-state index in [1.165, 1.54) is 46.1 Å². The Morgan fingerprint density at radius 3 is 2.00 bits per heavy atom. The van der Waals surface area contributed by atoms with Crippen LogP contribution in [0.3, 0.4) is 0 Å². The number of hydrogen-bond donors (Lipinski definition) is 6. The van der Waals surface area contributed by atoms with Gasteiger partial charge in [0.15, 0.2) is 12.6 Å². The van der Waals surface area contributed by atoms with Crippen LogP contribution in [0.2, 0.25) is 0 Å². The van der Waals surface area contributed by atoms with E-state index in [0.29, 0.717) is 13.0 Å². The summed E-state index contributed by atoms with van der Waals surface area (Å²) in [6, 6.07) is -0.658. The molecule has 3 aliphatic heterocycles. The van der Waals surface area contributed by atoms with E-state index in [1.807, 2.05) is 53.6 Å². The lowest BCUT2D eigenvalue weighted by Crippen LogP contribution is -2.62. The predicted molar refractivity (Wildman–Crippen MR) is 236 cm³/mol. The molecular formula is C47H90N2O12. The van der Waals surface area contributed by atoms with Gasteiger partial charge in [-0.3, -0.25) is 4.79 Å². The highest BCUT2D eigenvalue weighted by atomic mass is 16.7. The monoisotopic (exact) mass is 875 g/mol. The quantitative estimate of drug-likeness (QED) is 0.0815. The topological polar surface area (TPSA) is 189 Å². The molecule has 0 amide bonds. The number of likely N-dealkylation sites (N-methyl/N-ethyl adjacent to an activating group) is 1. The first-order valence-electron chi connectivity index (χ1n) is 23.7. The van der Waals surface area contributed by atoms with Crippen molar-refractivity contribution in [3.63, 3.8) is 0 Å². The second-order valence-electron chi connectivity index (χ2n) is 20.2. The molecule has 3 saturated heterocycles. The minimum absolute atomic E-state index is 0.133. The summed E-state index contributed by atoms with van der Waals surface area (Å²) in [7, 11) is 5.32. The molecule has 3 aliphatic rings. The molecule has 0 aromatic rings. The zero-order valence-electron chi connectivity index (χ0n) is 40.5. The number of nitrogens with zero attached hydrogens (tertiary/aromatic N) is 1. The Morgan fingerprint density at radius 1 is 0.820 bits per heavy atom. The molecule has 14 nitrogen and oxygen atoms in total. The molecular weight excluding hydrogens is 785 g/mol. The number of rotatable bonds is 17. The Hall–Kier alpha value is -1.01. The fourth-order valence-electron chi connectivity index (χ4n) is 10.5. The summed E-state index contributed by atoms with van der Waals surface area (Å²) in [5.41, 5.74) is -4.48. The molecule has 0 spiro atoms. The first kappa shape index (κ1) is 54.3. The van der Waals surface area contributed by atoms with Gasteiger partial charge in [-0.1, -0.05) is 79.6 Å². The van der Waals surface area contributed by atoms with Crippen molar-refractivity contribution in [1.29, 1.82) is 0 Å². The van der Waals surface area contributed by atoms with Crippen LogP contribution in [0.15, 0.2) is 0 Å². The van der Waals surface area contributed by atoms with Crippen LogP contribution in [0, 0.1) is 23.7 Å². The van der Waals surface area contributed by atoms with Crippen molar-refractivity contribution < 1.29 is 58.7 Å². The van der Waals surface area contributed by atoms with E-state index in [9.17, 15) is 30.3 Å². The van der Waals surface area contributed by atoms with Crippen molar-refractivity contribution in [1.82, 2.24) is 10.2 Å². The van der Waals surface area contributed by atoms with Crippen molar-refractivity contribution in [2.75, 3.05) is 27.7 Å². The number of methoxy groups -OCH3 is 1. The largest absolute Gasteiger partial charge is 0.459 e. The van der Waals surface area contributed by atoms with Crippen LogP contribution in [-0.4, -0.2) is 154 Å². The van der Waals surface area contributed by atoms with Gasteiger partial charge in [0, 0.05) is 37.5 Å². The average Bonchev–Trinajstić information content (AvgIpc) is 3.19. The summed E-state index contributed by atoms with van der Waals surface area (Å²) in [6.45, 7) is 20.8. The normalized spacial score (nSPS) is 44.8. The van der Waals surface area contributed by atoms with Gasteiger partial charge in [-0.2, -0.15) is 0 Å². The zero-order valence-corrected chi connectivity index (χ0v) is 40.5. The Balaban J connectivity index is 2.12. The standard InChI is InChI=1S/C47H90N2O12/c1-15-17-18-19-20-21-22-23-24-48-37-28(3)26-45(9,54)42(61-44-38(50)34(49(12)13)25-29(4)57-44)31(6)39(60-36-27-46(10,56-14)41(52)33(8)58-36)32(7)43(53)59-35(16-2)47(11,55)40(51)30(37)5/h28-42,44,48,50-52,54-55H,15-27H2,1-14H3/t28-,29-,30+,31+,32-,33+,34+,35-,36+,37?,38-,39+,40-,41+,42?,44+,45-,46-,47-/m1/s1. The molecule has 6 N–H and O–H groups in total. The number of hydrogen-bond acceptors (Lipinski definition) is 14. The summed E-state index contributed by atoms with van der Waals surface area (Å²) >= 11 is 0. The third kappa shape index (κ3) is 14.0. The molecule has 0 bridgehead atoms. The number of cyclic esters (lactones) is 1. The highest BCUT2D eigenvalue weighted by Gasteiger charge is 2.53. The van der Waals surface area contributed by atoms with E-state index >= 15 is 0 Å². The fourth-order valence-corrected chi connectivity index (χ4v) is 10.5. The SMILES string of the molecule is CCCCCCCCCCNC1[C@H](C)C[C@@](C)(O)C(O[C@@H]2O[C@H](C)C[C@H](N(C)C)[C@H]2O)[C@@H](C)[C@H](O[C@H]2C[C@@](C)(OC)[C@@H](O)[C@H](C)O2)[C@@H](C)C(=O)O[C@H](CC)[C@@](C)(O)[C@H](O)[C@H]1C. The van der Waals surface area contributed by atoms with Gasteiger partial charge in [0.1, 0.15) is 23.9 Å². The van der Waals surface area contributed by atoms with Gasteiger partial charge in [0.05, 0.1) is 47.6 Å². The summed E-state index contributed by atoms with van der Waals surface area (Å²) in [5.74, 6) is -3.25. The average molecular weight is 875 g/mol. The fraction of sp³-hybridized carbons (Fsp3) is 0.979. The number of ether oxygens (including phenoxy) is 6. The van der Waals surface area contributed by atoms with E-state index in [4.69, 9.17) is 28.4 Å². The molecule has 0 aromatic carbocycles. The molecule has 2 unspecified atom stereocenters. The first-order chi connectivity index (χ1) is 28.5. The van der Waals surface area contributed by atoms with Crippen LogP contribution in [0.4, 0.5) is 0 Å². The van der Waals surface area contributed by atoms with Gasteiger partial charge in [-0.05, 0) is 93.8 Å². The molecule has 0 radical (unpaired) electrons. The van der Waals surface area contributed by atoms with E-state index in [2.05, 4.69) is 12.2 Å². The third-order valence-corrected chi connectivity index (χ3v) is 14.5. The maximum atomic E-state index is 14.4. The lowest BCUT2D eigenvalue weighted by Gasteiger charge is -2.49.